The molecule has 0 N–H and O–H groups in total. The Morgan fingerprint density at radius 2 is 1.05 bits per heavy atom. The van der Waals surface area contributed by atoms with E-state index in [0.717, 1.165) is 52.4 Å². The maximum absolute atomic E-state index is 4.74. The van der Waals surface area contributed by atoms with Crippen LogP contribution in [0.1, 0.15) is 25.7 Å². The Bertz CT molecular complexity index is 426. The van der Waals surface area contributed by atoms with E-state index in [0.29, 0.717) is 0 Å². The highest BCUT2D eigenvalue weighted by Gasteiger charge is 2.29. The molecule has 8 heteroatoms. The van der Waals surface area contributed by atoms with E-state index in [1.54, 1.807) is 0 Å². The Morgan fingerprint density at radius 1 is 0.591 bits per heavy atom. The molecular formula is C14H24B2N6. The van der Waals surface area contributed by atoms with E-state index < -0.39 is 0 Å². The van der Waals surface area contributed by atoms with Gasteiger partial charge in [-0.25, -0.2) is 0 Å². The number of hydrogen-bond donors (Lipinski definition) is 0. The lowest BCUT2D eigenvalue weighted by Crippen LogP contribution is -2.59. The maximum Gasteiger partial charge on any atom is 0.230 e. The van der Waals surface area contributed by atoms with Crippen LogP contribution < -0.4 is 0 Å². The minimum atomic E-state index is 0.973. The first kappa shape index (κ1) is 14.3. The number of rotatable bonds is 3. The quantitative estimate of drug-likeness (QED) is 0.669. The first-order valence-corrected chi connectivity index (χ1v) is 8.72. The summed E-state index contributed by atoms with van der Waals surface area (Å²) in [6.45, 7) is 8.74. The fraction of sp³-hybridized carbons (Fsp3) is 0.857. The maximum atomic E-state index is 4.74. The molecule has 0 aromatic heterocycles. The topological polar surface area (TPSA) is 37.7 Å². The Morgan fingerprint density at radius 3 is 1.55 bits per heavy atom. The van der Waals surface area contributed by atoms with Gasteiger partial charge in [0.2, 0.25) is 14.6 Å². The molecule has 2 saturated heterocycles. The molecule has 22 heavy (non-hydrogen) atoms. The van der Waals surface area contributed by atoms with Gasteiger partial charge in [0, 0.05) is 52.4 Å². The number of nitrogens with zero attached hydrogens (tertiary/aromatic N) is 6. The molecule has 0 amide bonds. The number of guanidine groups is 2. The highest BCUT2D eigenvalue weighted by Crippen LogP contribution is 2.15. The van der Waals surface area contributed by atoms with Gasteiger partial charge in [-0.2, -0.15) is 0 Å². The lowest BCUT2D eigenvalue weighted by molar-refractivity contribution is 0.298. The highest BCUT2D eigenvalue weighted by molar-refractivity contribution is 6.99. The van der Waals surface area contributed by atoms with Crippen LogP contribution in [0.4, 0.5) is 0 Å². The summed E-state index contributed by atoms with van der Waals surface area (Å²) >= 11 is 0. The number of fused-ring (bicyclic) bond motifs is 2. The van der Waals surface area contributed by atoms with Crippen LogP contribution in [0.15, 0.2) is 9.98 Å². The Kier molecular flexibility index (Phi) is 4.17. The van der Waals surface area contributed by atoms with Crippen molar-refractivity contribution in [3.8, 4) is 0 Å². The molecule has 116 valence electrons. The van der Waals surface area contributed by atoms with Crippen LogP contribution in [0.3, 0.4) is 0 Å². The Labute approximate surface area is 134 Å². The zero-order chi connectivity index (χ0) is 14.8. The minimum Gasteiger partial charge on any atom is -0.397 e. The smallest absolute Gasteiger partial charge is 0.230 e. The van der Waals surface area contributed by atoms with Crippen LogP contribution in [0.5, 0.6) is 0 Å². The Balaban J connectivity index is 1.39. The average molecular weight is 298 g/mol. The zero-order valence-corrected chi connectivity index (χ0v) is 13.3. The van der Waals surface area contributed by atoms with Crippen molar-refractivity contribution >= 4 is 26.5 Å². The molecule has 0 saturated carbocycles. The summed E-state index contributed by atoms with van der Waals surface area (Å²) in [7, 11) is 4.44. The number of aliphatic imine (C=N–C) groups is 2. The second kappa shape index (κ2) is 6.42. The van der Waals surface area contributed by atoms with E-state index in [-0.39, 0.29) is 0 Å². The third-order valence-corrected chi connectivity index (χ3v) is 4.84. The monoisotopic (exact) mass is 298 g/mol. The van der Waals surface area contributed by atoms with Crippen LogP contribution in [-0.2, 0) is 0 Å². The largest absolute Gasteiger partial charge is 0.397 e. The van der Waals surface area contributed by atoms with E-state index >= 15 is 0 Å². The average Bonchev–Trinajstić information content (AvgIpc) is 2.60. The molecule has 4 aliphatic heterocycles. The predicted octanol–water partition coefficient (Wildman–Crippen LogP) is -0.325. The van der Waals surface area contributed by atoms with Crippen molar-refractivity contribution < 1.29 is 0 Å². The third kappa shape index (κ3) is 2.79. The van der Waals surface area contributed by atoms with Crippen LogP contribution in [0.25, 0.3) is 0 Å². The SMILES string of the molecule is [B]([B]N1CCCN2CCCN=C12)N1CCCN2CCCN=C12. The van der Waals surface area contributed by atoms with Crippen LogP contribution >= 0.6 is 0 Å². The second-order valence-electron chi connectivity index (χ2n) is 6.44. The van der Waals surface area contributed by atoms with Gasteiger partial charge in [0.25, 0.3) is 0 Å². The standard InChI is InChI=1S/C14H24B2N6/c1-5-17-13-19(7-1)9-3-11-21(13)15-16-22-12-4-10-20-8-2-6-18-14(20)22/h1-12H2. The second-order valence-corrected chi connectivity index (χ2v) is 6.44. The van der Waals surface area contributed by atoms with Gasteiger partial charge >= 0.3 is 0 Å². The summed E-state index contributed by atoms with van der Waals surface area (Å²) in [5.74, 6) is 2.35. The summed E-state index contributed by atoms with van der Waals surface area (Å²) in [5, 5.41) is 0. The van der Waals surface area contributed by atoms with E-state index in [1.807, 2.05) is 0 Å². The van der Waals surface area contributed by atoms with Gasteiger partial charge in [0.15, 0.2) is 11.9 Å². The van der Waals surface area contributed by atoms with Crippen molar-refractivity contribution in [3.63, 3.8) is 0 Å². The molecule has 4 aliphatic rings. The molecule has 0 aromatic rings. The van der Waals surface area contributed by atoms with Crippen molar-refractivity contribution in [1.82, 2.24) is 19.4 Å². The van der Waals surface area contributed by atoms with Crippen LogP contribution in [-0.4, -0.2) is 98.3 Å². The summed E-state index contributed by atoms with van der Waals surface area (Å²) in [6.07, 6.45) is 4.82. The van der Waals surface area contributed by atoms with Crippen LogP contribution in [0.2, 0.25) is 0 Å². The zero-order valence-electron chi connectivity index (χ0n) is 13.3. The van der Waals surface area contributed by atoms with E-state index in [9.17, 15) is 0 Å². The molecule has 0 spiro atoms. The van der Waals surface area contributed by atoms with Gasteiger partial charge in [-0.15, -0.1) is 0 Å². The highest BCUT2D eigenvalue weighted by atomic mass is 15.4. The third-order valence-electron chi connectivity index (χ3n) is 4.84. The Hall–Kier alpha value is -1.33. The molecule has 0 aliphatic carbocycles. The summed E-state index contributed by atoms with van der Waals surface area (Å²) in [5.41, 5.74) is 0. The van der Waals surface area contributed by atoms with E-state index in [4.69, 9.17) is 9.98 Å². The molecule has 2 fully saturated rings. The minimum absolute atomic E-state index is 0.973. The molecule has 0 aromatic carbocycles. The molecule has 4 rings (SSSR count). The van der Waals surface area contributed by atoms with Crippen molar-refractivity contribution in [2.45, 2.75) is 25.7 Å². The molecule has 4 heterocycles. The first-order valence-electron chi connectivity index (χ1n) is 8.72. The van der Waals surface area contributed by atoms with Crippen molar-refractivity contribution in [2.24, 2.45) is 9.98 Å². The lowest BCUT2D eigenvalue weighted by Gasteiger charge is -2.44. The molecule has 2 radical (unpaired) electrons. The van der Waals surface area contributed by atoms with Gasteiger partial charge in [-0.3, -0.25) is 9.98 Å². The lowest BCUT2D eigenvalue weighted by atomic mass is 9.52. The molecule has 0 atom stereocenters. The summed E-state index contributed by atoms with van der Waals surface area (Å²) in [6, 6.07) is 0. The predicted molar refractivity (Wildman–Crippen MR) is 91.1 cm³/mol. The normalized spacial score (nSPS) is 25.1. The van der Waals surface area contributed by atoms with Gasteiger partial charge < -0.3 is 19.4 Å². The van der Waals surface area contributed by atoms with E-state index in [1.165, 1.54) is 37.6 Å². The van der Waals surface area contributed by atoms with E-state index in [2.05, 4.69) is 34.0 Å². The van der Waals surface area contributed by atoms with Crippen molar-refractivity contribution in [2.75, 3.05) is 52.4 Å². The van der Waals surface area contributed by atoms with Gasteiger partial charge in [-0.1, -0.05) is 0 Å². The fourth-order valence-corrected chi connectivity index (χ4v) is 3.76. The summed E-state index contributed by atoms with van der Waals surface area (Å²) in [4.78, 5) is 19.0. The first-order chi connectivity index (χ1) is 10.9. The van der Waals surface area contributed by atoms with Crippen molar-refractivity contribution in [1.29, 1.82) is 0 Å². The fourth-order valence-electron chi connectivity index (χ4n) is 3.76. The molecule has 6 nitrogen and oxygen atoms in total. The molecule has 0 unspecified atom stereocenters. The van der Waals surface area contributed by atoms with Gasteiger partial charge in [0.05, 0.1) is 0 Å². The van der Waals surface area contributed by atoms with Gasteiger partial charge in [-0.05, 0) is 25.7 Å². The molecule has 0 bridgehead atoms. The summed E-state index contributed by atoms with van der Waals surface area (Å²) < 4.78 is 0. The van der Waals surface area contributed by atoms with Gasteiger partial charge in [0.1, 0.15) is 0 Å². The number of hydrogen-bond acceptors (Lipinski definition) is 6. The van der Waals surface area contributed by atoms with Crippen LogP contribution in [0, 0.1) is 0 Å². The molecular weight excluding hydrogens is 274 g/mol. The van der Waals surface area contributed by atoms with Crippen molar-refractivity contribution in [3.05, 3.63) is 0 Å².